The van der Waals surface area contributed by atoms with Crippen LogP contribution in [0, 0.1) is 0 Å². The molecule has 0 saturated carbocycles. The van der Waals surface area contributed by atoms with Crippen molar-refractivity contribution in [1.82, 2.24) is 0 Å². The van der Waals surface area contributed by atoms with Crippen LogP contribution in [0.3, 0.4) is 0 Å². The summed E-state index contributed by atoms with van der Waals surface area (Å²) in [5, 5.41) is 15.0. The number of aromatic hydroxyl groups is 1. The van der Waals surface area contributed by atoms with Crippen LogP contribution >= 0.6 is 0 Å². The second kappa shape index (κ2) is 6.75. The highest BCUT2D eigenvalue weighted by atomic mass is 16.3. The summed E-state index contributed by atoms with van der Waals surface area (Å²) in [7, 11) is 0. The minimum absolute atomic E-state index is 0.0886. The van der Waals surface area contributed by atoms with Crippen molar-refractivity contribution in [2.24, 2.45) is 0 Å². The van der Waals surface area contributed by atoms with E-state index in [1.165, 1.54) is 0 Å². The van der Waals surface area contributed by atoms with Crippen molar-refractivity contribution >= 4 is 22.4 Å². The Morgan fingerprint density at radius 2 is 1.79 bits per heavy atom. The summed E-state index contributed by atoms with van der Waals surface area (Å²) in [6, 6.07) is 19.3. The predicted octanol–water partition coefficient (Wildman–Crippen LogP) is 4.85. The van der Waals surface area contributed by atoms with Crippen LogP contribution in [0.25, 0.3) is 10.8 Å². The van der Waals surface area contributed by atoms with Gasteiger partial charge in [-0.15, -0.1) is 0 Å². The van der Waals surface area contributed by atoms with Gasteiger partial charge in [-0.05, 0) is 39.9 Å². The van der Waals surface area contributed by atoms with Crippen molar-refractivity contribution in [3.05, 3.63) is 71.8 Å². The molecule has 3 nitrogen and oxygen atoms in total. The number of benzene rings is 3. The fraction of sp³-hybridized carbons (Fsp3) is 0.190. The average molecular weight is 319 g/mol. The molecule has 1 amide bonds. The fourth-order valence-corrected chi connectivity index (χ4v) is 2.83. The van der Waals surface area contributed by atoms with E-state index < -0.39 is 0 Å². The van der Waals surface area contributed by atoms with Crippen LogP contribution in [-0.2, 0) is 11.2 Å². The third-order valence-corrected chi connectivity index (χ3v) is 4.19. The zero-order chi connectivity index (χ0) is 17.1. The lowest BCUT2D eigenvalue weighted by molar-refractivity contribution is -0.115. The number of amides is 1. The smallest absolute Gasteiger partial charge is 0.228 e. The highest BCUT2D eigenvalue weighted by Gasteiger charge is 2.11. The summed E-state index contributed by atoms with van der Waals surface area (Å²) >= 11 is 0. The van der Waals surface area contributed by atoms with Crippen molar-refractivity contribution in [2.75, 3.05) is 5.32 Å². The Hall–Kier alpha value is -2.81. The molecule has 3 heteroatoms. The molecule has 0 radical (unpaired) electrons. The Morgan fingerprint density at radius 1 is 1.04 bits per heavy atom. The molecule has 0 spiro atoms. The predicted molar refractivity (Wildman–Crippen MR) is 98.5 cm³/mol. The molecule has 0 fully saturated rings. The Kier molecular flexibility index (Phi) is 4.52. The zero-order valence-corrected chi connectivity index (χ0v) is 13.9. The van der Waals surface area contributed by atoms with Crippen LogP contribution in [0.15, 0.2) is 60.7 Å². The van der Waals surface area contributed by atoms with Gasteiger partial charge in [-0.25, -0.2) is 0 Å². The number of fused-ring (bicyclic) bond motifs is 1. The number of carbonyl (C=O) groups excluding carboxylic acids is 1. The van der Waals surface area contributed by atoms with E-state index >= 15 is 0 Å². The van der Waals surface area contributed by atoms with E-state index in [2.05, 4.69) is 19.2 Å². The van der Waals surface area contributed by atoms with E-state index in [0.717, 1.165) is 21.9 Å². The van der Waals surface area contributed by atoms with Crippen LogP contribution in [0.4, 0.5) is 5.69 Å². The molecule has 0 aliphatic heterocycles. The van der Waals surface area contributed by atoms with E-state index in [1.807, 2.05) is 54.6 Å². The van der Waals surface area contributed by atoms with Crippen LogP contribution < -0.4 is 5.32 Å². The summed E-state index contributed by atoms with van der Waals surface area (Å²) in [5.41, 5.74) is 2.52. The number of anilines is 1. The molecule has 3 aromatic rings. The van der Waals surface area contributed by atoms with E-state index in [0.29, 0.717) is 11.6 Å². The van der Waals surface area contributed by atoms with Gasteiger partial charge in [0.2, 0.25) is 5.91 Å². The minimum Gasteiger partial charge on any atom is -0.506 e. The van der Waals surface area contributed by atoms with Crippen molar-refractivity contribution in [3.8, 4) is 5.75 Å². The standard InChI is InChI=1S/C21H21NO2/c1-14(2)16-10-11-20(23)19(12-16)22-21(24)13-17-8-5-7-15-6-3-4-9-18(15)17/h3-12,14,23H,13H2,1-2H3,(H,22,24). The number of nitrogens with one attached hydrogen (secondary N) is 1. The minimum atomic E-state index is -0.137. The molecule has 0 bridgehead atoms. The van der Waals surface area contributed by atoms with Crippen molar-refractivity contribution in [2.45, 2.75) is 26.2 Å². The maximum absolute atomic E-state index is 12.4. The summed E-state index contributed by atoms with van der Waals surface area (Å²) in [6.45, 7) is 4.15. The molecule has 3 rings (SSSR count). The second-order valence-electron chi connectivity index (χ2n) is 6.29. The monoisotopic (exact) mass is 319 g/mol. The third kappa shape index (κ3) is 3.40. The normalized spacial score (nSPS) is 11.0. The molecular formula is C21H21NO2. The van der Waals surface area contributed by atoms with Crippen molar-refractivity contribution in [1.29, 1.82) is 0 Å². The first-order chi connectivity index (χ1) is 11.5. The molecule has 0 saturated heterocycles. The van der Waals surface area contributed by atoms with Gasteiger partial charge in [0.15, 0.2) is 0 Å². The number of hydrogen-bond donors (Lipinski definition) is 2. The molecule has 0 atom stereocenters. The molecule has 0 heterocycles. The zero-order valence-electron chi connectivity index (χ0n) is 13.9. The van der Waals surface area contributed by atoms with Gasteiger partial charge in [-0.1, -0.05) is 62.4 Å². The topological polar surface area (TPSA) is 49.3 Å². The number of hydrogen-bond acceptors (Lipinski definition) is 2. The summed E-state index contributed by atoms with van der Waals surface area (Å²) in [4.78, 5) is 12.4. The largest absolute Gasteiger partial charge is 0.506 e. The molecule has 2 N–H and O–H groups in total. The molecule has 0 aromatic heterocycles. The van der Waals surface area contributed by atoms with Crippen molar-refractivity contribution < 1.29 is 9.90 Å². The number of carbonyl (C=O) groups is 1. The van der Waals surface area contributed by atoms with E-state index in [-0.39, 0.29) is 18.1 Å². The quantitative estimate of drug-likeness (QED) is 0.675. The second-order valence-corrected chi connectivity index (χ2v) is 6.29. The molecule has 122 valence electrons. The van der Waals surface area contributed by atoms with Crippen LogP contribution in [0.2, 0.25) is 0 Å². The van der Waals surface area contributed by atoms with Crippen LogP contribution in [0.1, 0.15) is 30.9 Å². The summed E-state index contributed by atoms with van der Waals surface area (Å²) in [5.74, 6) is 0.285. The molecular weight excluding hydrogens is 298 g/mol. The maximum Gasteiger partial charge on any atom is 0.228 e. The fourth-order valence-electron chi connectivity index (χ4n) is 2.83. The van der Waals surface area contributed by atoms with E-state index in [4.69, 9.17) is 0 Å². The van der Waals surface area contributed by atoms with E-state index in [9.17, 15) is 9.90 Å². The van der Waals surface area contributed by atoms with Gasteiger partial charge in [0.1, 0.15) is 5.75 Å². The molecule has 0 unspecified atom stereocenters. The summed E-state index contributed by atoms with van der Waals surface area (Å²) in [6.07, 6.45) is 0.271. The molecule has 0 aliphatic rings. The lowest BCUT2D eigenvalue weighted by atomic mass is 10.0. The first kappa shape index (κ1) is 16.1. The Bertz CT molecular complexity index is 879. The first-order valence-electron chi connectivity index (χ1n) is 8.14. The van der Waals surface area contributed by atoms with Crippen LogP contribution in [0.5, 0.6) is 5.75 Å². The lowest BCUT2D eigenvalue weighted by Crippen LogP contribution is -2.15. The first-order valence-corrected chi connectivity index (χ1v) is 8.14. The van der Waals surface area contributed by atoms with Gasteiger partial charge in [-0.2, -0.15) is 0 Å². The highest BCUT2D eigenvalue weighted by molar-refractivity contribution is 5.97. The van der Waals surface area contributed by atoms with E-state index in [1.54, 1.807) is 6.07 Å². The Labute approximate surface area is 142 Å². The van der Waals surface area contributed by atoms with Gasteiger partial charge in [-0.3, -0.25) is 4.79 Å². The Morgan fingerprint density at radius 3 is 2.58 bits per heavy atom. The molecule has 3 aromatic carbocycles. The van der Waals surface area contributed by atoms with Crippen molar-refractivity contribution in [3.63, 3.8) is 0 Å². The van der Waals surface area contributed by atoms with Gasteiger partial charge in [0.05, 0.1) is 12.1 Å². The number of phenols is 1. The third-order valence-electron chi connectivity index (χ3n) is 4.19. The maximum atomic E-state index is 12.4. The van der Waals surface area contributed by atoms with Gasteiger partial charge >= 0.3 is 0 Å². The van der Waals surface area contributed by atoms with Gasteiger partial charge in [0, 0.05) is 0 Å². The number of phenolic OH excluding ortho intramolecular Hbond substituents is 1. The lowest BCUT2D eigenvalue weighted by Gasteiger charge is -2.12. The number of rotatable bonds is 4. The van der Waals surface area contributed by atoms with Gasteiger partial charge < -0.3 is 10.4 Å². The molecule has 24 heavy (non-hydrogen) atoms. The van der Waals surface area contributed by atoms with Gasteiger partial charge in [0.25, 0.3) is 0 Å². The van der Waals surface area contributed by atoms with Crippen LogP contribution in [-0.4, -0.2) is 11.0 Å². The average Bonchev–Trinajstić information content (AvgIpc) is 2.57. The summed E-state index contributed by atoms with van der Waals surface area (Å²) < 4.78 is 0. The Balaban J connectivity index is 1.82. The molecule has 0 aliphatic carbocycles. The SMILES string of the molecule is CC(C)c1ccc(O)c(NC(=O)Cc2cccc3ccccc23)c1. The highest BCUT2D eigenvalue weighted by Crippen LogP contribution is 2.28.